The highest BCUT2D eigenvalue weighted by atomic mass is 79.9. The Morgan fingerprint density at radius 3 is 2.74 bits per heavy atom. The van der Waals surface area contributed by atoms with Crippen molar-refractivity contribution in [3.8, 4) is 5.75 Å². The molecule has 0 amide bonds. The largest absolute Gasteiger partial charge is 0.489 e. The third-order valence-electron chi connectivity index (χ3n) is 2.79. The summed E-state index contributed by atoms with van der Waals surface area (Å²) in [7, 11) is 0. The molecular weight excluding hydrogens is 326 g/mol. The summed E-state index contributed by atoms with van der Waals surface area (Å²) in [5, 5.41) is 0.692. The summed E-state index contributed by atoms with van der Waals surface area (Å²) in [5.41, 5.74) is 7.86. The predicted octanol–water partition coefficient (Wildman–Crippen LogP) is 4.70. The molecule has 2 N–H and O–H groups in total. The molecule has 0 aliphatic rings. The van der Waals surface area contributed by atoms with E-state index in [1.54, 1.807) is 0 Å². The maximum atomic E-state index is 6.15. The van der Waals surface area contributed by atoms with E-state index in [0.29, 0.717) is 11.6 Å². The molecule has 0 aliphatic heterocycles. The fourth-order valence-corrected chi connectivity index (χ4v) is 2.42. The van der Waals surface area contributed by atoms with E-state index in [0.717, 1.165) is 21.3 Å². The highest BCUT2D eigenvalue weighted by Crippen LogP contribution is 2.24. The smallest absolute Gasteiger partial charge is 0.120 e. The van der Waals surface area contributed by atoms with Gasteiger partial charge in [0.15, 0.2) is 0 Å². The van der Waals surface area contributed by atoms with Crippen LogP contribution in [0.2, 0.25) is 5.02 Å². The van der Waals surface area contributed by atoms with Gasteiger partial charge in [0.05, 0.1) is 0 Å². The first kappa shape index (κ1) is 14.4. The molecule has 0 aromatic heterocycles. The lowest BCUT2D eigenvalue weighted by Crippen LogP contribution is -2.05. The maximum absolute atomic E-state index is 6.15. The number of rotatable bonds is 4. The second kappa shape index (κ2) is 6.42. The standard InChI is InChI=1S/C15H15BrClNO/c1-10(18)11-3-2-4-14(7-11)19-9-12-5-6-13(16)8-15(12)17/h2-8,10H,9,18H2,1H3/t10-/m1/s1. The minimum atomic E-state index is -0.000168. The summed E-state index contributed by atoms with van der Waals surface area (Å²) in [6.07, 6.45) is 0. The molecule has 2 rings (SSSR count). The van der Waals surface area contributed by atoms with Crippen LogP contribution < -0.4 is 10.5 Å². The van der Waals surface area contributed by atoms with Crippen LogP contribution in [-0.4, -0.2) is 0 Å². The maximum Gasteiger partial charge on any atom is 0.120 e. The molecule has 4 heteroatoms. The second-order valence-electron chi connectivity index (χ2n) is 4.39. The van der Waals surface area contributed by atoms with E-state index in [4.69, 9.17) is 22.1 Å². The Bertz CT molecular complexity index is 572. The van der Waals surface area contributed by atoms with Gasteiger partial charge in [0.25, 0.3) is 0 Å². The van der Waals surface area contributed by atoms with Gasteiger partial charge in [-0.25, -0.2) is 0 Å². The van der Waals surface area contributed by atoms with Crippen molar-refractivity contribution in [2.75, 3.05) is 0 Å². The summed E-state index contributed by atoms with van der Waals surface area (Å²) < 4.78 is 6.71. The van der Waals surface area contributed by atoms with Crippen LogP contribution in [0.15, 0.2) is 46.9 Å². The molecule has 0 fully saturated rings. The monoisotopic (exact) mass is 339 g/mol. The highest BCUT2D eigenvalue weighted by molar-refractivity contribution is 9.10. The lowest BCUT2D eigenvalue weighted by molar-refractivity contribution is 0.306. The number of hydrogen-bond donors (Lipinski definition) is 1. The average molecular weight is 341 g/mol. The molecule has 0 bridgehead atoms. The van der Waals surface area contributed by atoms with Crippen molar-refractivity contribution in [2.45, 2.75) is 19.6 Å². The molecule has 0 heterocycles. The van der Waals surface area contributed by atoms with Crippen LogP contribution in [0.3, 0.4) is 0 Å². The molecule has 2 aromatic rings. The Hall–Kier alpha value is -1.03. The summed E-state index contributed by atoms with van der Waals surface area (Å²) in [6, 6.07) is 13.6. The molecule has 0 saturated carbocycles. The average Bonchev–Trinajstić information content (AvgIpc) is 2.38. The fourth-order valence-electron chi connectivity index (χ4n) is 1.69. The van der Waals surface area contributed by atoms with Crippen LogP contribution in [0, 0.1) is 0 Å². The first-order valence-corrected chi connectivity index (χ1v) is 7.15. The zero-order valence-electron chi connectivity index (χ0n) is 10.6. The Morgan fingerprint density at radius 2 is 2.05 bits per heavy atom. The predicted molar refractivity (Wildman–Crippen MR) is 82.5 cm³/mol. The van der Waals surface area contributed by atoms with Crippen molar-refractivity contribution in [2.24, 2.45) is 5.73 Å². The van der Waals surface area contributed by atoms with E-state index in [2.05, 4.69) is 15.9 Å². The molecule has 2 aromatic carbocycles. The number of hydrogen-bond acceptors (Lipinski definition) is 2. The number of benzene rings is 2. The van der Waals surface area contributed by atoms with Crippen molar-refractivity contribution < 1.29 is 4.74 Å². The van der Waals surface area contributed by atoms with E-state index < -0.39 is 0 Å². The van der Waals surface area contributed by atoms with E-state index in [1.165, 1.54) is 0 Å². The molecule has 0 saturated heterocycles. The van der Waals surface area contributed by atoms with Gasteiger partial charge in [-0.2, -0.15) is 0 Å². The summed E-state index contributed by atoms with van der Waals surface area (Å²) in [4.78, 5) is 0. The highest BCUT2D eigenvalue weighted by Gasteiger charge is 2.04. The van der Waals surface area contributed by atoms with Gasteiger partial charge in [0.2, 0.25) is 0 Å². The van der Waals surface area contributed by atoms with Crippen LogP contribution in [0.4, 0.5) is 0 Å². The van der Waals surface area contributed by atoms with Gasteiger partial charge < -0.3 is 10.5 Å². The minimum absolute atomic E-state index is 0.000168. The van der Waals surface area contributed by atoms with Crippen LogP contribution in [0.1, 0.15) is 24.1 Å². The minimum Gasteiger partial charge on any atom is -0.489 e. The second-order valence-corrected chi connectivity index (χ2v) is 5.71. The number of ether oxygens (including phenoxy) is 1. The molecule has 0 radical (unpaired) electrons. The van der Waals surface area contributed by atoms with Crippen LogP contribution >= 0.6 is 27.5 Å². The van der Waals surface area contributed by atoms with Crippen LogP contribution in [0.5, 0.6) is 5.75 Å². The van der Waals surface area contributed by atoms with Gasteiger partial charge in [-0.05, 0) is 36.8 Å². The van der Waals surface area contributed by atoms with Crippen LogP contribution in [-0.2, 0) is 6.61 Å². The van der Waals surface area contributed by atoms with Crippen LogP contribution in [0.25, 0.3) is 0 Å². The lowest BCUT2D eigenvalue weighted by Gasteiger charge is -2.11. The first-order chi connectivity index (χ1) is 9.06. The van der Waals surface area contributed by atoms with Gasteiger partial charge in [-0.15, -0.1) is 0 Å². The zero-order chi connectivity index (χ0) is 13.8. The normalized spacial score (nSPS) is 12.2. The van der Waals surface area contributed by atoms with Gasteiger partial charge >= 0.3 is 0 Å². The van der Waals surface area contributed by atoms with Crippen molar-refractivity contribution in [1.29, 1.82) is 0 Å². The summed E-state index contributed by atoms with van der Waals surface area (Å²) in [5.74, 6) is 0.800. The van der Waals surface area contributed by atoms with Gasteiger partial charge in [-0.1, -0.05) is 45.7 Å². The van der Waals surface area contributed by atoms with E-state index >= 15 is 0 Å². The van der Waals surface area contributed by atoms with E-state index in [-0.39, 0.29) is 6.04 Å². The number of nitrogens with two attached hydrogens (primary N) is 1. The first-order valence-electron chi connectivity index (χ1n) is 5.98. The molecule has 0 unspecified atom stereocenters. The summed E-state index contributed by atoms with van der Waals surface area (Å²) in [6.45, 7) is 2.39. The SMILES string of the molecule is C[C@@H](N)c1cccc(OCc2ccc(Br)cc2Cl)c1. The Labute approximate surface area is 126 Å². The third kappa shape index (κ3) is 3.96. The fraction of sp³-hybridized carbons (Fsp3) is 0.200. The summed E-state index contributed by atoms with van der Waals surface area (Å²) >= 11 is 9.53. The molecular formula is C15H15BrClNO. The van der Waals surface area contributed by atoms with Crippen molar-refractivity contribution in [1.82, 2.24) is 0 Å². The Kier molecular flexibility index (Phi) is 4.86. The Morgan fingerprint density at radius 1 is 1.26 bits per heavy atom. The third-order valence-corrected chi connectivity index (χ3v) is 3.64. The van der Waals surface area contributed by atoms with Crippen molar-refractivity contribution in [3.05, 3.63) is 63.1 Å². The lowest BCUT2D eigenvalue weighted by atomic mass is 10.1. The molecule has 100 valence electrons. The molecule has 0 aliphatic carbocycles. The van der Waals surface area contributed by atoms with Gasteiger partial charge in [0, 0.05) is 21.1 Å². The Balaban J connectivity index is 2.08. The number of halogens is 2. The van der Waals surface area contributed by atoms with Crippen molar-refractivity contribution in [3.63, 3.8) is 0 Å². The van der Waals surface area contributed by atoms with Gasteiger partial charge in [0.1, 0.15) is 12.4 Å². The quantitative estimate of drug-likeness (QED) is 0.875. The topological polar surface area (TPSA) is 35.2 Å². The molecule has 19 heavy (non-hydrogen) atoms. The van der Waals surface area contributed by atoms with Crippen molar-refractivity contribution >= 4 is 27.5 Å². The van der Waals surface area contributed by atoms with Gasteiger partial charge in [-0.3, -0.25) is 0 Å². The van der Waals surface area contributed by atoms with E-state index in [9.17, 15) is 0 Å². The molecule has 0 spiro atoms. The van der Waals surface area contributed by atoms with E-state index in [1.807, 2.05) is 49.4 Å². The molecule has 1 atom stereocenters. The molecule has 2 nitrogen and oxygen atoms in total. The zero-order valence-corrected chi connectivity index (χ0v) is 12.9.